The third-order valence-electron chi connectivity index (χ3n) is 5.57. The van der Waals surface area contributed by atoms with E-state index < -0.39 is 11.9 Å². The second-order valence-corrected chi connectivity index (χ2v) is 6.89. The highest BCUT2D eigenvalue weighted by Crippen LogP contribution is 2.47. The first-order chi connectivity index (χ1) is 13.1. The van der Waals surface area contributed by atoms with Crippen molar-refractivity contribution in [3.05, 3.63) is 53.6 Å². The minimum Gasteiger partial charge on any atom is -0.497 e. The van der Waals surface area contributed by atoms with Gasteiger partial charge in [-0.05, 0) is 41.9 Å². The molecule has 1 fully saturated rings. The maximum absolute atomic E-state index is 12.3. The molecule has 0 spiro atoms. The van der Waals surface area contributed by atoms with Crippen LogP contribution in [-0.2, 0) is 4.79 Å². The van der Waals surface area contributed by atoms with Crippen LogP contribution in [0, 0.1) is 5.92 Å². The van der Waals surface area contributed by atoms with Gasteiger partial charge in [0.2, 0.25) is 6.79 Å². The summed E-state index contributed by atoms with van der Waals surface area (Å²) in [6, 6.07) is 13.3. The molecule has 4 rings (SSSR count). The van der Waals surface area contributed by atoms with E-state index in [1.807, 2.05) is 42.5 Å². The van der Waals surface area contributed by atoms with E-state index in [1.54, 1.807) is 7.11 Å². The molecular formula is C21H23NO5. The summed E-state index contributed by atoms with van der Waals surface area (Å²) in [7, 11) is 1.62. The van der Waals surface area contributed by atoms with Crippen molar-refractivity contribution in [2.75, 3.05) is 27.0 Å². The molecule has 2 aliphatic rings. The van der Waals surface area contributed by atoms with Gasteiger partial charge in [-0.2, -0.15) is 0 Å². The van der Waals surface area contributed by atoms with Crippen LogP contribution in [0.1, 0.15) is 30.0 Å². The second kappa shape index (κ2) is 7.12. The first-order valence-electron chi connectivity index (χ1n) is 9.12. The highest BCUT2D eigenvalue weighted by molar-refractivity contribution is 5.74. The zero-order valence-corrected chi connectivity index (χ0v) is 15.4. The van der Waals surface area contributed by atoms with Gasteiger partial charge >= 0.3 is 5.97 Å². The Kier molecular flexibility index (Phi) is 4.66. The summed E-state index contributed by atoms with van der Waals surface area (Å²) < 4.78 is 16.1. The van der Waals surface area contributed by atoms with Crippen molar-refractivity contribution in [2.45, 2.75) is 18.9 Å². The SMILES string of the molecule is CCN1C[C@H](c2ccc3c(c2)OCO3)[C@@H](C(=O)O)[C@@H]1c1ccc(OC)cc1. The van der Waals surface area contributed by atoms with Crippen LogP contribution in [0.4, 0.5) is 0 Å². The highest BCUT2D eigenvalue weighted by atomic mass is 16.7. The first-order valence-corrected chi connectivity index (χ1v) is 9.12. The maximum atomic E-state index is 12.3. The lowest BCUT2D eigenvalue weighted by Crippen LogP contribution is -2.28. The summed E-state index contributed by atoms with van der Waals surface area (Å²) in [5.74, 6) is 0.714. The standard InChI is InChI=1S/C21H23NO5/c1-3-22-11-16(14-6-9-17-18(10-14)27-12-26-17)19(21(23)24)20(22)13-4-7-15(25-2)8-5-13/h4-10,16,19-20H,3,11-12H2,1-2H3,(H,23,24)/t16-,19-,20+/m1/s1. The summed E-state index contributed by atoms with van der Waals surface area (Å²) in [6.07, 6.45) is 0. The van der Waals surface area contributed by atoms with Crippen LogP contribution in [0.5, 0.6) is 17.2 Å². The Balaban J connectivity index is 1.71. The van der Waals surface area contributed by atoms with Crippen molar-refractivity contribution >= 4 is 5.97 Å². The number of fused-ring (bicyclic) bond motifs is 1. The number of hydrogen-bond acceptors (Lipinski definition) is 5. The Morgan fingerprint density at radius 3 is 2.52 bits per heavy atom. The minimum absolute atomic E-state index is 0.121. The van der Waals surface area contributed by atoms with Crippen LogP contribution < -0.4 is 14.2 Å². The minimum atomic E-state index is -0.783. The third kappa shape index (κ3) is 3.10. The van der Waals surface area contributed by atoms with Crippen molar-refractivity contribution in [3.8, 4) is 17.2 Å². The lowest BCUT2D eigenvalue weighted by atomic mass is 9.83. The molecule has 142 valence electrons. The molecule has 6 nitrogen and oxygen atoms in total. The molecule has 27 heavy (non-hydrogen) atoms. The van der Waals surface area contributed by atoms with E-state index in [4.69, 9.17) is 14.2 Å². The van der Waals surface area contributed by atoms with Crippen LogP contribution in [0.2, 0.25) is 0 Å². The molecule has 0 saturated carbocycles. The summed E-state index contributed by atoms with van der Waals surface area (Å²) >= 11 is 0. The summed E-state index contributed by atoms with van der Waals surface area (Å²) in [4.78, 5) is 14.5. The number of carboxylic acids is 1. The van der Waals surface area contributed by atoms with E-state index >= 15 is 0 Å². The number of rotatable bonds is 5. The Hall–Kier alpha value is -2.73. The molecule has 1 saturated heterocycles. The molecule has 2 aromatic carbocycles. The van der Waals surface area contributed by atoms with E-state index in [2.05, 4.69) is 11.8 Å². The number of likely N-dealkylation sites (N-methyl/N-ethyl adjacent to an activating group) is 1. The molecule has 0 aromatic heterocycles. The summed E-state index contributed by atoms with van der Waals surface area (Å²) in [5.41, 5.74) is 1.97. The molecule has 6 heteroatoms. The van der Waals surface area contributed by atoms with Gasteiger partial charge in [0, 0.05) is 18.5 Å². The number of nitrogens with zero attached hydrogens (tertiary/aromatic N) is 1. The van der Waals surface area contributed by atoms with Crippen LogP contribution in [0.15, 0.2) is 42.5 Å². The van der Waals surface area contributed by atoms with Crippen molar-refractivity contribution < 1.29 is 24.1 Å². The van der Waals surface area contributed by atoms with Crippen molar-refractivity contribution in [3.63, 3.8) is 0 Å². The number of carbonyl (C=O) groups is 1. The summed E-state index contributed by atoms with van der Waals surface area (Å²) in [6.45, 7) is 3.74. The van der Waals surface area contributed by atoms with Crippen molar-refractivity contribution in [1.29, 1.82) is 0 Å². The topological polar surface area (TPSA) is 68.2 Å². The number of carboxylic acid groups (broad SMARTS) is 1. The molecule has 2 aliphatic heterocycles. The van der Waals surface area contributed by atoms with Gasteiger partial charge in [-0.3, -0.25) is 9.69 Å². The fourth-order valence-corrected chi connectivity index (χ4v) is 4.24. The van der Waals surface area contributed by atoms with Crippen LogP contribution in [-0.4, -0.2) is 43.0 Å². The predicted molar refractivity (Wildman–Crippen MR) is 99.4 cm³/mol. The van der Waals surface area contributed by atoms with Crippen molar-refractivity contribution in [2.24, 2.45) is 5.92 Å². The van der Waals surface area contributed by atoms with E-state index in [0.717, 1.165) is 23.4 Å². The molecule has 1 N–H and O–H groups in total. The number of aliphatic carboxylic acids is 1. The van der Waals surface area contributed by atoms with E-state index in [1.165, 1.54) is 0 Å². The number of methoxy groups -OCH3 is 1. The van der Waals surface area contributed by atoms with E-state index in [-0.39, 0.29) is 18.8 Å². The van der Waals surface area contributed by atoms with Gasteiger partial charge in [0.1, 0.15) is 5.75 Å². The predicted octanol–water partition coefficient (Wildman–Crippen LogP) is 3.29. The lowest BCUT2D eigenvalue weighted by Gasteiger charge is -2.26. The third-order valence-corrected chi connectivity index (χ3v) is 5.57. The molecule has 2 aromatic rings. The average Bonchev–Trinajstić information content (AvgIpc) is 3.31. The molecule has 0 aliphatic carbocycles. The van der Waals surface area contributed by atoms with Gasteiger partial charge in [-0.25, -0.2) is 0 Å². The molecule has 0 unspecified atom stereocenters. The summed E-state index contributed by atoms with van der Waals surface area (Å²) in [5, 5.41) is 10.1. The molecule has 0 radical (unpaired) electrons. The van der Waals surface area contributed by atoms with Gasteiger partial charge in [-0.1, -0.05) is 25.1 Å². The Morgan fingerprint density at radius 2 is 1.85 bits per heavy atom. The number of likely N-dealkylation sites (tertiary alicyclic amines) is 1. The molecule has 0 amide bonds. The quantitative estimate of drug-likeness (QED) is 0.872. The Labute approximate surface area is 158 Å². The number of ether oxygens (including phenoxy) is 3. The number of benzene rings is 2. The monoisotopic (exact) mass is 369 g/mol. The van der Waals surface area contributed by atoms with Crippen LogP contribution in [0.3, 0.4) is 0 Å². The Morgan fingerprint density at radius 1 is 1.15 bits per heavy atom. The molecule has 3 atom stereocenters. The van der Waals surface area contributed by atoms with E-state index in [9.17, 15) is 9.90 Å². The van der Waals surface area contributed by atoms with Crippen LogP contribution >= 0.6 is 0 Å². The van der Waals surface area contributed by atoms with Crippen LogP contribution in [0.25, 0.3) is 0 Å². The smallest absolute Gasteiger partial charge is 0.309 e. The highest BCUT2D eigenvalue weighted by Gasteiger charge is 2.47. The van der Waals surface area contributed by atoms with Gasteiger partial charge in [-0.15, -0.1) is 0 Å². The normalized spacial score (nSPS) is 24.1. The maximum Gasteiger partial charge on any atom is 0.309 e. The number of hydrogen-bond donors (Lipinski definition) is 1. The van der Waals surface area contributed by atoms with Gasteiger partial charge in [0.15, 0.2) is 11.5 Å². The average molecular weight is 369 g/mol. The molecule has 2 heterocycles. The fourth-order valence-electron chi connectivity index (χ4n) is 4.24. The largest absolute Gasteiger partial charge is 0.497 e. The lowest BCUT2D eigenvalue weighted by molar-refractivity contribution is -0.143. The van der Waals surface area contributed by atoms with Crippen molar-refractivity contribution in [1.82, 2.24) is 4.90 Å². The Bertz CT molecular complexity index is 835. The first kappa shape index (κ1) is 17.7. The van der Waals surface area contributed by atoms with Gasteiger partial charge < -0.3 is 19.3 Å². The van der Waals surface area contributed by atoms with Gasteiger partial charge in [0.05, 0.1) is 13.0 Å². The van der Waals surface area contributed by atoms with E-state index in [0.29, 0.717) is 18.0 Å². The zero-order chi connectivity index (χ0) is 19.0. The second-order valence-electron chi connectivity index (χ2n) is 6.89. The molecule has 0 bridgehead atoms. The zero-order valence-electron chi connectivity index (χ0n) is 15.4. The van der Waals surface area contributed by atoms with Gasteiger partial charge in [0.25, 0.3) is 0 Å². The molecular weight excluding hydrogens is 346 g/mol. The fraction of sp³-hybridized carbons (Fsp3) is 0.381.